The molecule has 0 aliphatic carbocycles. The first-order valence-corrected chi connectivity index (χ1v) is 7.06. The van der Waals surface area contributed by atoms with E-state index in [1.165, 1.54) is 7.11 Å². The first-order valence-electron chi connectivity index (χ1n) is 7.06. The van der Waals surface area contributed by atoms with Crippen molar-refractivity contribution >= 4 is 17.3 Å². The first kappa shape index (κ1) is 14.7. The Hall–Kier alpha value is -1.71. The Balaban J connectivity index is 2.25. The molecule has 20 heavy (non-hydrogen) atoms. The van der Waals surface area contributed by atoms with E-state index >= 15 is 0 Å². The van der Waals surface area contributed by atoms with Crippen LogP contribution in [0.4, 0.5) is 11.4 Å². The molecule has 2 rings (SSSR count). The van der Waals surface area contributed by atoms with Crippen molar-refractivity contribution < 1.29 is 9.53 Å². The Morgan fingerprint density at radius 3 is 2.65 bits per heavy atom. The van der Waals surface area contributed by atoms with Gasteiger partial charge in [-0.3, -0.25) is 0 Å². The van der Waals surface area contributed by atoms with Gasteiger partial charge in [0.1, 0.15) is 0 Å². The Morgan fingerprint density at radius 1 is 1.40 bits per heavy atom. The third kappa shape index (κ3) is 2.74. The number of nitrogens with zero attached hydrogens (tertiary/aromatic N) is 1. The Kier molecular flexibility index (Phi) is 3.93. The molecule has 1 aromatic carbocycles. The van der Waals surface area contributed by atoms with Gasteiger partial charge in [0.05, 0.1) is 24.0 Å². The van der Waals surface area contributed by atoms with E-state index in [0.717, 1.165) is 25.2 Å². The predicted molar refractivity (Wildman–Crippen MR) is 82.0 cm³/mol. The number of nitrogen functional groups attached to an aromatic ring is 1. The SMILES string of the molecule is COC(=O)c1cccc(N2CCC(C(C)(C)C)C2)c1N. The van der Waals surface area contributed by atoms with Gasteiger partial charge < -0.3 is 15.4 Å². The number of hydrogen-bond donors (Lipinski definition) is 1. The fourth-order valence-electron chi connectivity index (χ4n) is 2.80. The smallest absolute Gasteiger partial charge is 0.340 e. The lowest BCUT2D eigenvalue weighted by atomic mass is 9.80. The summed E-state index contributed by atoms with van der Waals surface area (Å²) in [6.07, 6.45) is 1.16. The second kappa shape index (κ2) is 5.35. The molecule has 1 aliphatic rings. The van der Waals surface area contributed by atoms with Crippen LogP contribution < -0.4 is 10.6 Å². The summed E-state index contributed by atoms with van der Waals surface area (Å²) in [5, 5.41) is 0. The normalized spacial score (nSPS) is 19.2. The van der Waals surface area contributed by atoms with E-state index in [1.807, 2.05) is 12.1 Å². The van der Waals surface area contributed by atoms with Crippen molar-refractivity contribution in [2.45, 2.75) is 27.2 Å². The molecule has 0 saturated carbocycles. The Labute approximate surface area is 120 Å². The zero-order valence-corrected chi connectivity index (χ0v) is 12.8. The van der Waals surface area contributed by atoms with Crippen molar-refractivity contribution in [3.63, 3.8) is 0 Å². The summed E-state index contributed by atoms with van der Waals surface area (Å²) in [6, 6.07) is 5.55. The van der Waals surface area contributed by atoms with Gasteiger partial charge in [0.25, 0.3) is 0 Å². The second-order valence-electron chi connectivity index (χ2n) is 6.53. The van der Waals surface area contributed by atoms with Gasteiger partial charge in [-0.05, 0) is 29.9 Å². The van der Waals surface area contributed by atoms with Gasteiger partial charge in [-0.25, -0.2) is 4.79 Å². The van der Waals surface area contributed by atoms with Gasteiger partial charge in [-0.15, -0.1) is 0 Å². The molecule has 0 bridgehead atoms. The van der Waals surface area contributed by atoms with Gasteiger partial charge in [0, 0.05) is 13.1 Å². The van der Waals surface area contributed by atoms with Crippen molar-refractivity contribution in [1.82, 2.24) is 0 Å². The third-order valence-electron chi connectivity index (χ3n) is 4.24. The maximum absolute atomic E-state index is 11.7. The molecule has 1 heterocycles. The molecule has 1 saturated heterocycles. The molecular formula is C16H24N2O2. The molecule has 1 atom stereocenters. The summed E-state index contributed by atoms with van der Waals surface area (Å²) < 4.78 is 4.77. The molecular weight excluding hydrogens is 252 g/mol. The molecule has 1 fully saturated rings. The molecule has 4 nitrogen and oxygen atoms in total. The van der Waals surface area contributed by atoms with E-state index in [4.69, 9.17) is 10.5 Å². The lowest BCUT2D eigenvalue weighted by Crippen LogP contribution is -2.26. The number of anilines is 2. The van der Waals surface area contributed by atoms with Gasteiger partial charge in [0.2, 0.25) is 0 Å². The highest BCUT2D eigenvalue weighted by Crippen LogP contribution is 2.38. The number of benzene rings is 1. The van der Waals surface area contributed by atoms with Crippen LogP contribution in [0.1, 0.15) is 37.6 Å². The average Bonchev–Trinajstić information content (AvgIpc) is 2.87. The minimum atomic E-state index is -0.379. The fourth-order valence-corrected chi connectivity index (χ4v) is 2.80. The summed E-state index contributed by atoms with van der Waals surface area (Å²) in [4.78, 5) is 14.0. The highest BCUT2D eigenvalue weighted by molar-refractivity contribution is 5.98. The summed E-state index contributed by atoms with van der Waals surface area (Å²) in [7, 11) is 1.37. The van der Waals surface area contributed by atoms with Crippen molar-refractivity contribution in [1.29, 1.82) is 0 Å². The molecule has 1 aliphatic heterocycles. The van der Waals surface area contributed by atoms with Crippen LogP contribution >= 0.6 is 0 Å². The van der Waals surface area contributed by atoms with Crippen LogP contribution in [-0.4, -0.2) is 26.2 Å². The summed E-state index contributed by atoms with van der Waals surface area (Å²) in [6.45, 7) is 8.79. The number of para-hydroxylation sites is 1. The summed E-state index contributed by atoms with van der Waals surface area (Å²) in [5.41, 5.74) is 8.36. The lowest BCUT2D eigenvalue weighted by molar-refractivity contribution is 0.0602. The molecule has 110 valence electrons. The monoisotopic (exact) mass is 276 g/mol. The number of methoxy groups -OCH3 is 1. The first-order chi connectivity index (χ1) is 9.34. The number of nitrogens with two attached hydrogens (primary N) is 1. The van der Waals surface area contributed by atoms with Crippen LogP contribution in [0.2, 0.25) is 0 Å². The molecule has 0 amide bonds. The maximum Gasteiger partial charge on any atom is 0.340 e. The predicted octanol–water partition coefficient (Wildman–Crippen LogP) is 2.93. The van der Waals surface area contributed by atoms with E-state index in [9.17, 15) is 4.79 Å². The zero-order valence-electron chi connectivity index (χ0n) is 12.8. The fraction of sp³-hybridized carbons (Fsp3) is 0.562. The minimum absolute atomic E-state index is 0.295. The quantitative estimate of drug-likeness (QED) is 0.666. The van der Waals surface area contributed by atoms with E-state index < -0.39 is 0 Å². The van der Waals surface area contributed by atoms with Crippen LogP contribution in [0.25, 0.3) is 0 Å². The molecule has 0 spiro atoms. The number of carbonyl (C=O) groups excluding carboxylic acids is 1. The molecule has 0 radical (unpaired) electrons. The molecule has 1 unspecified atom stereocenters. The van der Waals surface area contributed by atoms with E-state index in [2.05, 4.69) is 25.7 Å². The number of rotatable bonds is 2. The summed E-state index contributed by atoms with van der Waals surface area (Å²) in [5.74, 6) is 0.264. The maximum atomic E-state index is 11.7. The van der Waals surface area contributed by atoms with Gasteiger partial charge >= 0.3 is 5.97 Å². The highest BCUT2D eigenvalue weighted by Gasteiger charge is 2.32. The molecule has 4 heteroatoms. The Bertz CT molecular complexity index is 506. The summed E-state index contributed by atoms with van der Waals surface area (Å²) >= 11 is 0. The van der Waals surface area contributed by atoms with Crippen LogP contribution in [0.15, 0.2) is 18.2 Å². The van der Waals surface area contributed by atoms with Gasteiger partial charge in [-0.1, -0.05) is 26.8 Å². The van der Waals surface area contributed by atoms with E-state index in [1.54, 1.807) is 6.07 Å². The zero-order chi connectivity index (χ0) is 14.9. The number of hydrogen-bond acceptors (Lipinski definition) is 4. The largest absolute Gasteiger partial charge is 0.465 e. The Morgan fingerprint density at radius 2 is 2.10 bits per heavy atom. The lowest BCUT2D eigenvalue weighted by Gasteiger charge is -2.28. The van der Waals surface area contributed by atoms with Crippen molar-refractivity contribution in [2.24, 2.45) is 11.3 Å². The van der Waals surface area contributed by atoms with Crippen molar-refractivity contribution in [2.75, 3.05) is 30.8 Å². The number of ether oxygens (including phenoxy) is 1. The van der Waals surface area contributed by atoms with E-state index in [-0.39, 0.29) is 5.97 Å². The molecule has 1 aromatic rings. The van der Waals surface area contributed by atoms with Crippen molar-refractivity contribution in [3.8, 4) is 0 Å². The van der Waals surface area contributed by atoms with Crippen LogP contribution in [0.3, 0.4) is 0 Å². The van der Waals surface area contributed by atoms with Crippen LogP contribution in [0.5, 0.6) is 0 Å². The van der Waals surface area contributed by atoms with Gasteiger partial charge in [-0.2, -0.15) is 0 Å². The number of esters is 1. The van der Waals surface area contributed by atoms with Gasteiger partial charge in [0.15, 0.2) is 0 Å². The topological polar surface area (TPSA) is 55.6 Å². The molecule has 2 N–H and O–H groups in total. The molecule has 0 aromatic heterocycles. The highest BCUT2D eigenvalue weighted by atomic mass is 16.5. The average molecular weight is 276 g/mol. The van der Waals surface area contributed by atoms with E-state index in [0.29, 0.717) is 22.6 Å². The minimum Gasteiger partial charge on any atom is -0.465 e. The van der Waals surface area contributed by atoms with Crippen LogP contribution in [-0.2, 0) is 4.74 Å². The third-order valence-corrected chi connectivity index (χ3v) is 4.24. The standard InChI is InChI=1S/C16H24N2O2/c1-16(2,3)11-8-9-18(10-11)13-7-5-6-12(14(13)17)15(19)20-4/h5-7,11H,8-10,17H2,1-4H3. The second-order valence-corrected chi connectivity index (χ2v) is 6.53. The number of carbonyl (C=O) groups is 1. The van der Waals surface area contributed by atoms with Crippen LogP contribution in [0, 0.1) is 11.3 Å². The van der Waals surface area contributed by atoms with Crippen molar-refractivity contribution in [3.05, 3.63) is 23.8 Å².